The lowest BCUT2D eigenvalue weighted by atomic mass is 9.87. The van der Waals surface area contributed by atoms with Crippen molar-refractivity contribution in [3.05, 3.63) is 101 Å². The summed E-state index contributed by atoms with van der Waals surface area (Å²) >= 11 is 0. The van der Waals surface area contributed by atoms with Gasteiger partial charge in [-0.2, -0.15) is 5.10 Å². The van der Waals surface area contributed by atoms with Gasteiger partial charge in [-0.05, 0) is 96.3 Å². The van der Waals surface area contributed by atoms with Crippen LogP contribution in [-0.4, -0.2) is 34.1 Å². The van der Waals surface area contributed by atoms with Gasteiger partial charge in [0.1, 0.15) is 5.75 Å². The van der Waals surface area contributed by atoms with Crippen LogP contribution in [0.2, 0.25) is 0 Å². The fourth-order valence-electron chi connectivity index (χ4n) is 5.20. The second-order valence-corrected chi connectivity index (χ2v) is 9.65. The Morgan fingerprint density at radius 3 is 2.59 bits per heavy atom. The number of allylic oxidation sites excluding steroid dienone is 1. The maximum absolute atomic E-state index is 11.7. The molecular formula is C33H34N2O4. The summed E-state index contributed by atoms with van der Waals surface area (Å²) in [7, 11) is 0. The first kappa shape index (κ1) is 26.4. The van der Waals surface area contributed by atoms with Crippen LogP contribution in [0.25, 0.3) is 28.1 Å². The molecule has 1 saturated heterocycles. The highest BCUT2D eigenvalue weighted by Crippen LogP contribution is 2.37. The van der Waals surface area contributed by atoms with Gasteiger partial charge >= 0.3 is 5.97 Å². The molecule has 4 aromatic rings. The Morgan fingerprint density at radius 1 is 1.05 bits per heavy atom. The molecule has 0 spiro atoms. The molecule has 0 amide bonds. The number of aromatic nitrogens is 2. The Hall–Kier alpha value is -4.16. The SMILES string of the molecule is CCOC(=O)/C=C/c1ccc(/C(=C(/CC)c2cccc(O)c2)c2ccc3c(cnn3C3CCCCO3)c2)cc1. The van der Waals surface area contributed by atoms with E-state index in [4.69, 9.17) is 9.47 Å². The van der Waals surface area contributed by atoms with Crippen molar-refractivity contribution in [2.75, 3.05) is 13.2 Å². The number of carbonyl (C=O) groups is 1. The van der Waals surface area contributed by atoms with Gasteiger partial charge in [0.2, 0.25) is 0 Å². The topological polar surface area (TPSA) is 73.6 Å². The molecule has 200 valence electrons. The molecule has 0 aliphatic carbocycles. The molecule has 1 aromatic heterocycles. The molecule has 1 fully saturated rings. The van der Waals surface area contributed by atoms with E-state index in [1.807, 2.05) is 41.2 Å². The number of fused-ring (bicyclic) bond motifs is 1. The zero-order valence-electron chi connectivity index (χ0n) is 22.5. The second-order valence-electron chi connectivity index (χ2n) is 9.65. The van der Waals surface area contributed by atoms with Crippen LogP contribution in [0.4, 0.5) is 0 Å². The smallest absolute Gasteiger partial charge is 0.330 e. The first-order chi connectivity index (χ1) is 19.1. The number of ether oxygens (including phenoxy) is 2. The van der Waals surface area contributed by atoms with E-state index in [0.717, 1.165) is 76.6 Å². The normalized spacial score (nSPS) is 16.4. The van der Waals surface area contributed by atoms with Crippen molar-refractivity contribution in [1.82, 2.24) is 9.78 Å². The summed E-state index contributed by atoms with van der Waals surface area (Å²) in [5.41, 5.74) is 7.28. The molecular weight excluding hydrogens is 488 g/mol. The average molecular weight is 523 g/mol. The summed E-state index contributed by atoms with van der Waals surface area (Å²) in [6, 6.07) is 22.0. The van der Waals surface area contributed by atoms with Crippen molar-refractivity contribution < 1.29 is 19.4 Å². The van der Waals surface area contributed by atoms with E-state index in [2.05, 4.69) is 42.4 Å². The van der Waals surface area contributed by atoms with Gasteiger partial charge in [-0.3, -0.25) is 0 Å². The van der Waals surface area contributed by atoms with E-state index in [9.17, 15) is 9.90 Å². The van der Waals surface area contributed by atoms with Crippen LogP contribution < -0.4 is 0 Å². The standard InChI is InChI=1S/C33H34N2O4/c1-3-29(25-8-7-9-28(36)21-25)33(24-14-11-23(12-15-24)13-18-32(37)38-4-2)26-16-17-30-27(20-26)22-34-35(30)31-10-5-6-19-39-31/h7-9,11-18,20-22,31,36H,3-6,10,19H2,1-2H3/b18-13+,33-29+. The molecule has 6 heteroatoms. The van der Waals surface area contributed by atoms with Crippen LogP contribution >= 0.6 is 0 Å². The van der Waals surface area contributed by atoms with Crippen molar-refractivity contribution in [2.45, 2.75) is 45.8 Å². The summed E-state index contributed by atoms with van der Waals surface area (Å²) in [6.45, 7) is 5.04. The molecule has 39 heavy (non-hydrogen) atoms. The van der Waals surface area contributed by atoms with Crippen LogP contribution in [0, 0.1) is 0 Å². The van der Waals surface area contributed by atoms with Gasteiger partial charge in [0.05, 0.1) is 18.3 Å². The number of benzene rings is 3. The maximum Gasteiger partial charge on any atom is 0.330 e. The van der Waals surface area contributed by atoms with Gasteiger partial charge in [-0.1, -0.05) is 49.4 Å². The van der Waals surface area contributed by atoms with Gasteiger partial charge < -0.3 is 14.6 Å². The highest BCUT2D eigenvalue weighted by molar-refractivity contribution is 6.00. The number of esters is 1. The molecule has 0 bridgehead atoms. The summed E-state index contributed by atoms with van der Waals surface area (Å²) in [5, 5.41) is 16.0. The minimum absolute atomic E-state index is 0.0224. The van der Waals surface area contributed by atoms with Gasteiger partial charge in [-0.15, -0.1) is 0 Å². The van der Waals surface area contributed by atoms with Crippen LogP contribution in [0.3, 0.4) is 0 Å². The van der Waals surface area contributed by atoms with Crippen molar-refractivity contribution >= 4 is 34.1 Å². The molecule has 0 radical (unpaired) electrons. The van der Waals surface area contributed by atoms with E-state index in [-0.39, 0.29) is 17.9 Å². The summed E-state index contributed by atoms with van der Waals surface area (Å²) in [4.78, 5) is 11.7. The maximum atomic E-state index is 11.7. The zero-order chi connectivity index (χ0) is 27.2. The number of aromatic hydroxyl groups is 1. The lowest BCUT2D eigenvalue weighted by Crippen LogP contribution is -2.18. The highest BCUT2D eigenvalue weighted by atomic mass is 16.5. The summed E-state index contributed by atoms with van der Waals surface area (Å²) < 4.78 is 13.0. The van der Waals surface area contributed by atoms with Crippen LogP contribution in [-0.2, 0) is 14.3 Å². The van der Waals surface area contributed by atoms with Gasteiger partial charge in [-0.25, -0.2) is 9.48 Å². The van der Waals surface area contributed by atoms with Crippen molar-refractivity contribution in [2.24, 2.45) is 0 Å². The molecule has 0 saturated carbocycles. The number of rotatable bonds is 8. The number of phenolic OH excluding ortho intramolecular Hbond substituents is 1. The third-order valence-electron chi connectivity index (χ3n) is 7.06. The predicted octanol–water partition coefficient (Wildman–Crippen LogP) is 7.39. The molecule has 2 heterocycles. The van der Waals surface area contributed by atoms with Crippen LogP contribution in [0.1, 0.15) is 68.0 Å². The number of hydrogen-bond donors (Lipinski definition) is 1. The first-order valence-electron chi connectivity index (χ1n) is 13.6. The number of hydrogen-bond acceptors (Lipinski definition) is 5. The lowest BCUT2D eigenvalue weighted by Gasteiger charge is -2.23. The van der Waals surface area contributed by atoms with Crippen LogP contribution in [0.5, 0.6) is 5.75 Å². The van der Waals surface area contributed by atoms with E-state index >= 15 is 0 Å². The lowest BCUT2D eigenvalue weighted by molar-refractivity contribution is -0.137. The van der Waals surface area contributed by atoms with Gasteiger partial charge in [0, 0.05) is 18.1 Å². The summed E-state index contributed by atoms with van der Waals surface area (Å²) in [5.74, 6) is -0.117. The van der Waals surface area contributed by atoms with E-state index < -0.39 is 0 Å². The van der Waals surface area contributed by atoms with Crippen LogP contribution in [0.15, 0.2) is 79.0 Å². The third kappa shape index (κ3) is 5.96. The Bertz CT molecular complexity index is 1510. The molecule has 5 rings (SSSR count). The average Bonchev–Trinajstić information content (AvgIpc) is 3.39. The largest absolute Gasteiger partial charge is 0.508 e. The Balaban J connectivity index is 1.59. The summed E-state index contributed by atoms with van der Waals surface area (Å²) in [6.07, 6.45) is 9.08. The molecule has 1 N–H and O–H groups in total. The van der Waals surface area contributed by atoms with Crippen molar-refractivity contribution in [3.8, 4) is 5.75 Å². The molecule has 6 nitrogen and oxygen atoms in total. The molecule has 1 unspecified atom stereocenters. The van der Waals surface area contributed by atoms with E-state index in [0.29, 0.717) is 6.61 Å². The fourth-order valence-corrected chi connectivity index (χ4v) is 5.20. The zero-order valence-corrected chi connectivity index (χ0v) is 22.5. The predicted molar refractivity (Wildman–Crippen MR) is 155 cm³/mol. The Labute approximate surface area is 229 Å². The quantitative estimate of drug-likeness (QED) is 0.148. The second kappa shape index (κ2) is 12.1. The first-order valence-corrected chi connectivity index (χ1v) is 13.6. The molecule has 1 aliphatic heterocycles. The van der Waals surface area contributed by atoms with Crippen molar-refractivity contribution in [3.63, 3.8) is 0 Å². The van der Waals surface area contributed by atoms with Gasteiger partial charge in [0.25, 0.3) is 0 Å². The van der Waals surface area contributed by atoms with E-state index in [1.165, 1.54) is 6.08 Å². The Kier molecular flexibility index (Phi) is 8.23. The monoisotopic (exact) mass is 522 g/mol. The molecule has 1 atom stereocenters. The number of nitrogens with zero attached hydrogens (tertiary/aromatic N) is 2. The fraction of sp³-hybridized carbons (Fsp3) is 0.273. The van der Waals surface area contributed by atoms with Crippen molar-refractivity contribution in [1.29, 1.82) is 0 Å². The van der Waals surface area contributed by atoms with E-state index in [1.54, 1.807) is 19.1 Å². The third-order valence-corrected chi connectivity index (χ3v) is 7.06. The Morgan fingerprint density at radius 2 is 1.87 bits per heavy atom. The number of phenols is 1. The highest BCUT2D eigenvalue weighted by Gasteiger charge is 2.20. The minimum atomic E-state index is -0.355. The van der Waals surface area contributed by atoms with Gasteiger partial charge in [0.15, 0.2) is 6.23 Å². The molecule has 3 aromatic carbocycles. The molecule has 1 aliphatic rings. The minimum Gasteiger partial charge on any atom is -0.508 e. The number of carbonyl (C=O) groups excluding carboxylic acids is 1.